The van der Waals surface area contributed by atoms with Crippen LogP contribution in [0.15, 0.2) is 49.6 Å². The van der Waals surface area contributed by atoms with E-state index in [1.54, 1.807) is 49.6 Å². The minimum atomic E-state index is 0. The Morgan fingerprint density at radius 2 is 0.561 bits per heavy atom. The second-order valence-corrected chi connectivity index (χ2v) is 8.75. The van der Waals surface area contributed by atoms with Crippen LogP contribution in [-0.4, -0.2) is 70.7 Å². The minimum absolute atomic E-state index is 0. The molecule has 41 heavy (non-hydrogen) atoms. The molecule has 2 aliphatic rings. The van der Waals surface area contributed by atoms with Gasteiger partial charge in [-0.15, -0.1) is 0 Å². The molecule has 9 rings (SSSR count). The summed E-state index contributed by atoms with van der Waals surface area (Å²) in [6.45, 7) is 0. The Morgan fingerprint density at radius 1 is 0.317 bits per heavy atom. The number of rotatable bonds is 0. The third kappa shape index (κ3) is 3.39. The van der Waals surface area contributed by atoms with Gasteiger partial charge in [0.05, 0.1) is 72.9 Å². The summed E-state index contributed by atoms with van der Waals surface area (Å²) in [5.41, 5.74) is 3.98. The second kappa shape index (κ2) is 8.60. The number of fused-ring (bicyclic) bond motifs is 20. The van der Waals surface area contributed by atoms with Crippen LogP contribution >= 0.6 is 0 Å². The molecule has 0 N–H and O–H groups in total. The number of aromatic nitrogens is 16. The summed E-state index contributed by atoms with van der Waals surface area (Å²) in [4.78, 5) is 37.9. The van der Waals surface area contributed by atoms with E-state index in [2.05, 4.69) is 40.8 Å². The molecule has 0 saturated heterocycles. The molecule has 0 spiro atoms. The summed E-state index contributed by atoms with van der Waals surface area (Å²) in [5, 5.41) is 34.8. The van der Waals surface area contributed by atoms with Crippen molar-refractivity contribution in [1.82, 2.24) is 80.7 Å². The molecule has 195 valence electrons. The zero-order valence-corrected chi connectivity index (χ0v) is 21.0. The molecule has 0 aliphatic carbocycles. The number of nitrogens with zero attached hydrogens (tertiary/aromatic N) is 16. The van der Waals surface area contributed by atoms with Gasteiger partial charge >= 0.3 is 17.1 Å². The van der Waals surface area contributed by atoms with E-state index < -0.39 is 0 Å². The van der Waals surface area contributed by atoms with E-state index in [0.29, 0.717) is 89.7 Å². The first-order chi connectivity index (χ1) is 19.8. The van der Waals surface area contributed by atoms with Crippen LogP contribution in [0.1, 0.15) is 0 Å². The molecule has 16 nitrogen and oxygen atoms in total. The molecule has 0 unspecified atom stereocenters. The van der Waals surface area contributed by atoms with Crippen LogP contribution in [0.3, 0.4) is 0 Å². The third-order valence-electron chi connectivity index (χ3n) is 6.54. The van der Waals surface area contributed by atoms with Gasteiger partial charge in [-0.25, -0.2) is 9.97 Å². The normalized spacial score (nSPS) is 11.7. The van der Waals surface area contributed by atoms with Gasteiger partial charge in [0.25, 0.3) is 0 Å². The van der Waals surface area contributed by atoms with Gasteiger partial charge in [0, 0.05) is 66.4 Å². The number of hydrogen-bond acceptors (Lipinski definition) is 14. The quantitative estimate of drug-likeness (QED) is 0.230. The van der Waals surface area contributed by atoms with Gasteiger partial charge in [0.1, 0.15) is 0 Å². The van der Waals surface area contributed by atoms with E-state index in [0.717, 1.165) is 0 Å². The topological polar surface area (TPSA) is 209 Å². The van der Waals surface area contributed by atoms with Crippen molar-refractivity contribution in [3.63, 3.8) is 0 Å². The van der Waals surface area contributed by atoms with Gasteiger partial charge < -0.3 is 29.9 Å². The molecule has 9 heterocycles. The van der Waals surface area contributed by atoms with Gasteiger partial charge in [0.15, 0.2) is 0 Å². The van der Waals surface area contributed by atoms with E-state index >= 15 is 0 Å². The summed E-state index contributed by atoms with van der Waals surface area (Å²) in [6.07, 6.45) is 12.6. The van der Waals surface area contributed by atoms with E-state index in [1.807, 2.05) is 0 Å². The van der Waals surface area contributed by atoms with Crippen LogP contribution < -0.4 is 9.97 Å². The maximum absolute atomic E-state index is 4.77. The Kier molecular flexibility index (Phi) is 4.85. The van der Waals surface area contributed by atoms with Gasteiger partial charge in [-0.05, 0) is 0 Å². The SMILES string of the molecule is [Cu+2].c1nncc2c1-c1nc-2nc2[n-]c(nc3nc(nc4[n-]c(n1)c1cnncc41)-c1cnncc1-3)c1cnncc21. The fourth-order valence-electron chi connectivity index (χ4n) is 4.68. The van der Waals surface area contributed by atoms with Crippen LogP contribution in [0.2, 0.25) is 0 Å². The Morgan fingerprint density at radius 3 is 0.829 bits per heavy atom. The third-order valence-corrected chi connectivity index (χ3v) is 6.54. The molecule has 0 saturated carbocycles. The predicted molar refractivity (Wildman–Crippen MR) is 136 cm³/mol. The Bertz CT molecular complexity index is 2040. The van der Waals surface area contributed by atoms with Crippen LogP contribution in [0.5, 0.6) is 0 Å². The van der Waals surface area contributed by atoms with Crippen molar-refractivity contribution in [2.24, 2.45) is 0 Å². The Hall–Kier alpha value is -5.80. The zero-order valence-electron chi connectivity index (χ0n) is 20.1. The molecular formula is C24H8CuN16. The monoisotopic (exact) mass is 583 g/mol. The Labute approximate surface area is 236 Å². The number of hydrogen-bond donors (Lipinski definition) is 0. The molecule has 0 atom stereocenters. The molecule has 7 aromatic rings. The average Bonchev–Trinajstić information content (AvgIpc) is 3.73. The van der Waals surface area contributed by atoms with E-state index in [-0.39, 0.29) is 17.1 Å². The van der Waals surface area contributed by atoms with Gasteiger partial charge in [-0.3, -0.25) is 0 Å². The van der Waals surface area contributed by atoms with Crippen molar-refractivity contribution in [2.75, 3.05) is 0 Å². The average molecular weight is 584 g/mol. The van der Waals surface area contributed by atoms with Crippen molar-refractivity contribution >= 4 is 44.1 Å². The van der Waals surface area contributed by atoms with Crippen molar-refractivity contribution in [2.45, 2.75) is 0 Å². The molecule has 0 fully saturated rings. The van der Waals surface area contributed by atoms with Gasteiger partial charge in [-0.2, -0.15) is 40.8 Å². The molecule has 1 radical (unpaired) electrons. The van der Waals surface area contributed by atoms with Crippen molar-refractivity contribution < 1.29 is 17.1 Å². The summed E-state index contributed by atoms with van der Waals surface area (Å²) in [5.74, 6) is 1.42. The Balaban J connectivity index is 0.00000256. The first kappa shape index (κ1) is 23.1. The van der Waals surface area contributed by atoms with Gasteiger partial charge in [0.2, 0.25) is 0 Å². The molecule has 0 aromatic carbocycles. The van der Waals surface area contributed by atoms with Crippen LogP contribution in [0.4, 0.5) is 0 Å². The smallest absolute Gasteiger partial charge is 0.357 e. The molecule has 8 bridgehead atoms. The summed E-state index contributed by atoms with van der Waals surface area (Å²) < 4.78 is 0. The zero-order chi connectivity index (χ0) is 26.2. The first-order valence-corrected chi connectivity index (χ1v) is 11.8. The van der Waals surface area contributed by atoms with Crippen LogP contribution in [-0.2, 0) is 17.1 Å². The second-order valence-electron chi connectivity index (χ2n) is 8.75. The maximum Gasteiger partial charge on any atom is 2.00 e. The summed E-state index contributed by atoms with van der Waals surface area (Å²) in [6, 6.07) is 0. The molecule has 7 aromatic heterocycles. The van der Waals surface area contributed by atoms with E-state index in [9.17, 15) is 0 Å². The van der Waals surface area contributed by atoms with Gasteiger partial charge in [-0.1, -0.05) is 0 Å². The standard InChI is InChI=1S/C24H8N16.Cu/c1-9-10(2-26-25-1)18-33-17(9)37-19-11-3-27-28-4-12(11)21(34-19)39-23-15-7-31-32-8-16(15)24(36-23)40-22-14-6-30-29-5-13(14)20(35-22)38-18;/h1-8H;/q-2;+2. The van der Waals surface area contributed by atoms with Crippen molar-refractivity contribution in [1.29, 1.82) is 0 Å². The summed E-state index contributed by atoms with van der Waals surface area (Å²) >= 11 is 0. The largest absolute Gasteiger partial charge is 2.00 e. The minimum Gasteiger partial charge on any atom is -0.357 e. The molecular weight excluding hydrogens is 576 g/mol. The predicted octanol–water partition coefficient (Wildman–Crippen LogP) is 1.28. The van der Waals surface area contributed by atoms with Crippen LogP contribution in [0, 0.1) is 0 Å². The van der Waals surface area contributed by atoms with E-state index in [4.69, 9.17) is 39.9 Å². The van der Waals surface area contributed by atoms with Crippen molar-refractivity contribution in [3.8, 4) is 45.6 Å². The summed E-state index contributed by atoms with van der Waals surface area (Å²) in [7, 11) is 0. The molecule has 0 amide bonds. The maximum atomic E-state index is 4.77. The van der Waals surface area contributed by atoms with Crippen LogP contribution in [0.25, 0.3) is 89.7 Å². The fraction of sp³-hybridized carbons (Fsp3) is 0. The fourth-order valence-corrected chi connectivity index (χ4v) is 4.68. The first-order valence-electron chi connectivity index (χ1n) is 11.8. The molecule has 17 heteroatoms. The van der Waals surface area contributed by atoms with Crippen molar-refractivity contribution in [3.05, 3.63) is 49.6 Å². The van der Waals surface area contributed by atoms with E-state index in [1.165, 1.54) is 0 Å². The molecule has 2 aliphatic heterocycles.